The standard InChI is InChI=1S/C28H38N2O5S/c1-7-12-29(20-13-16(4)10-11-17(20)5)26(33)24-28-18(6)14-21(36-28)22(27(34)35-9-3)23(28)25(32)30(24)19(8-2)15-31/h7,10-11,13,18-19,21-24,31H,1,8-9,12,14-15H2,2-6H3/t18?,19-,21+,22-,23-,24?,28?/m0/s1. The van der Waals surface area contributed by atoms with Crippen molar-refractivity contribution in [1.82, 2.24) is 4.90 Å². The van der Waals surface area contributed by atoms with Gasteiger partial charge < -0.3 is 19.6 Å². The summed E-state index contributed by atoms with van der Waals surface area (Å²) in [4.78, 5) is 45.2. The summed E-state index contributed by atoms with van der Waals surface area (Å²) in [5, 5.41) is 10.2. The van der Waals surface area contributed by atoms with E-state index in [9.17, 15) is 19.5 Å². The van der Waals surface area contributed by atoms with Crippen molar-refractivity contribution in [3.63, 3.8) is 0 Å². The number of aliphatic hydroxyl groups excluding tert-OH is 1. The van der Waals surface area contributed by atoms with Crippen molar-refractivity contribution in [2.75, 3.05) is 24.7 Å². The lowest BCUT2D eigenvalue weighted by Gasteiger charge is -2.42. The van der Waals surface area contributed by atoms with Gasteiger partial charge in [-0.1, -0.05) is 32.1 Å². The average Bonchev–Trinajstić information content (AvgIpc) is 3.44. The molecule has 3 unspecified atom stereocenters. The zero-order chi connectivity index (χ0) is 26.4. The Morgan fingerprint density at radius 1 is 1.36 bits per heavy atom. The lowest BCUT2D eigenvalue weighted by Crippen LogP contribution is -2.59. The Balaban J connectivity index is 1.87. The van der Waals surface area contributed by atoms with E-state index in [-0.39, 0.29) is 42.2 Å². The van der Waals surface area contributed by atoms with Crippen LogP contribution in [-0.4, -0.2) is 69.6 Å². The minimum Gasteiger partial charge on any atom is -0.466 e. The molecular formula is C28H38N2O5S. The van der Waals surface area contributed by atoms with Crippen molar-refractivity contribution in [2.24, 2.45) is 17.8 Å². The van der Waals surface area contributed by atoms with Gasteiger partial charge in [-0.15, -0.1) is 18.3 Å². The molecule has 2 amide bonds. The van der Waals surface area contributed by atoms with Gasteiger partial charge in [0.25, 0.3) is 5.91 Å². The largest absolute Gasteiger partial charge is 0.466 e. The summed E-state index contributed by atoms with van der Waals surface area (Å²) in [6.45, 7) is 13.9. The highest BCUT2D eigenvalue weighted by molar-refractivity contribution is 8.02. The van der Waals surface area contributed by atoms with Crippen LogP contribution < -0.4 is 4.90 Å². The molecule has 7 nitrogen and oxygen atoms in total. The first-order valence-corrected chi connectivity index (χ1v) is 13.8. The van der Waals surface area contributed by atoms with Crippen LogP contribution in [0.15, 0.2) is 30.9 Å². The normalized spacial score (nSPS) is 31.3. The van der Waals surface area contributed by atoms with E-state index in [1.807, 2.05) is 39.0 Å². The molecule has 0 radical (unpaired) electrons. The van der Waals surface area contributed by atoms with E-state index in [0.29, 0.717) is 13.0 Å². The van der Waals surface area contributed by atoms with Gasteiger partial charge in [-0.05, 0) is 56.7 Å². The maximum absolute atomic E-state index is 14.6. The molecule has 0 saturated carbocycles. The summed E-state index contributed by atoms with van der Waals surface area (Å²) in [5.74, 6) is -1.93. The number of ether oxygens (including phenoxy) is 1. The number of aliphatic hydroxyl groups is 1. The number of benzene rings is 1. The number of hydrogen-bond donors (Lipinski definition) is 1. The lowest BCUT2D eigenvalue weighted by molar-refractivity contribution is -0.154. The fourth-order valence-electron chi connectivity index (χ4n) is 6.65. The molecule has 36 heavy (non-hydrogen) atoms. The second-order valence-corrected chi connectivity index (χ2v) is 11.9. The Labute approximate surface area is 218 Å². The molecule has 0 aromatic heterocycles. The number of thioether (sulfide) groups is 1. The first kappa shape index (κ1) is 26.7. The smallest absolute Gasteiger partial charge is 0.310 e. The van der Waals surface area contributed by atoms with Crippen molar-refractivity contribution in [3.8, 4) is 0 Å². The highest BCUT2D eigenvalue weighted by Gasteiger charge is 2.77. The van der Waals surface area contributed by atoms with Crippen LogP contribution in [0, 0.1) is 31.6 Å². The van der Waals surface area contributed by atoms with Crippen LogP contribution in [0.1, 0.15) is 44.7 Å². The second kappa shape index (κ2) is 10.2. The summed E-state index contributed by atoms with van der Waals surface area (Å²) in [5.41, 5.74) is 2.77. The number of hydrogen-bond acceptors (Lipinski definition) is 6. The zero-order valence-corrected chi connectivity index (χ0v) is 22.7. The van der Waals surface area contributed by atoms with E-state index < -0.39 is 28.7 Å². The molecule has 3 heterocycles. The Morgan fingerprint density at radius 2 is 2.08 bits per heavy atom. The van der Waals surface area contributed by atoms with E-state index in [2.05, 4.69) is 13.5 Å². The van der Waals surface area contributed by atoms with E-state index in [4.69, 9.17) is 4.74 Å². The monoisotopic (exact) mass is 514 g/mol. The molecule has 3 aliphatic heterocycles. The molecule has 3 aliphatic rings. The first-order valence-electron chi connectivity index (χ1n) is 12.9. The molecule has 1 spiro atoms. The Morgan fingerprint density at radius 3 is 2.69 bits per heavy atom. The van der Waals surface area contributed by atoms with E-state index in [1.54, 1.807) is 34.6 Å². The lowest BCUT2D eigenvalue weighted by atomic mass is 9.66. The topological polar surface area (TPSA) is 87.2 Å². The molecule has 4 rings (SSSR count). The predicted octanol–water partition coefficient (Wildman–Crippen LogP) is 3.49. The number of esters is 1. The molecule has 3 saturated heterocycles. The number of fused-ring (bicyclic) bond motifs is 1. The molecule has 1 N–H and O–H groups in total. The summed E-state index contributed by atoms with van der Waals surface area (Å²) in [6.07, 6.45) is 2.95. The quantitative estimate of drug-likeness (QED) is 0.401. The fourth-order valence-corrected chi connectivity index (χ4v) is 9.04. The molecule has 1 aromatic carbocycles. The van der Waals surface area contributed by atoms with Gasteiger partial charge in [0.15, 0.2) is 0 Å². The summed E-state index contributed by atoms with van der Waals surface area (Å²) in [6, 6.07) is 4.68. The minimum absolute atomic E-state index is 0.0477. The van der Waals surface area contributed by atoms with E-state index >= 15 is 0 Å². The molecular weight excluding hydrogens is 476 g/mol. The highest BCUT2D eigenvalue weighted by Crippen LogP contribution is 2.69. The van der Waals surface area contributed by atoms with Gasteiger partial charge in [-0.2, -0.15) is 0 Å². The van der Waals surface area contributed by atoms with Crippen LogP contribution in [0.25, 0.3) is 0 Å². The number of nitrogens with zero attached hydrogens (tertiary/aromatic N) is 2. The van der Waals surface area contributed by atoms with Crippen LogP contribution in [0.2, 0.25) is 0 Å². The fraction of sp³-hybridized carbons (Fsp3) is 0.607. The molecule has 0 aliphatic carbocycles. The van der Waals surface area contributed by atoms with Crippen LogP contribution in [0.5, 0.6) is 0 Å². The maximum atomic E-state index is 14.6. The van der Waals surface area contributed by atoms with Gasteiger partial charge in [0.1, 0.15) is 6.04 Å². The number of carbonyl (C=O) groups excluding carboxylic acids is 3. The van der Waals surface area contributed by atoms with Crippen molar-refractivity contribution in [3.05, 3.63) is 42.0 Å². The summed E-state index contributed by atoms with van der Waals surface area (Å²) in [7, 11) is 0. The molecule has 3 fully saturated rings. The van der Waals surface area contributed by atoms with Gasteiger partial charge in [-0.25, -0.2) is 0 Å². The van der Waals surface area contributed by atoms with Crippen molar-refractivity contribution >= 4 is 35.2 Å². The van der Waals surface area contributed by atoms with Crippen molar-refractivity contribution < 1.29 is 24.2 Å². The van der Waals surface area contributed by atoms with Gasteiger partial charge >= 0.3 is 5.97 Å². The molecule has 8 heteroatoms. The van der Waals surface area contributed by atoms with Gasteiger partial charge in [0.05, 0.1) is 35.8 Å². The molecule has 7 atom stereocenters. The molecule has 196 valence electrons. The highest BCUT2D eigenvalue weighted by atomic mass is 32.2. The predicted molar refractivity (Wildman–Crippen MR) is 142 cm³/mol. The number of rotatable bonds is 9. The number of likely N-dealkylation sites (tertiary alicyclic amines) is 1. The van der Waals surface area contributed by atoms with Crippen LogP contribution in [0.4, 0.5) is 5.69 Å². The van der Waals surface area contributed by atoms with Crippen LogP contribution in [0.3, 0.4) is 0 Å². The first-order chi connectivity index (χ1) is 17.2. The van der Waals surface area contributed by atoms with Gasteiger partial charge in [0, 0.05) is 17.5 Å². The number of aryl methyl sites for hydroxylation is 2. The number of anilines is 1. The van der Waals surface area contributed by atoms with Gasteiger partial charge in [0.2, 0.25) is 5.91 Å². The van der Waals surface area contributed by atoms with E-state index in [1.165, 1.54) is 0 Å². The minimum atomic E-state index is -0.795. The maximum Gasteiger partial charge on any atom is 0.310 e. The third-order valence-electron chi connectivity index (χ3n) is 8.28. The third-order valence-corrected chi connectivity index (χ3v) is 10.4. The molecule has 2 bridgehead atoms. The number of amides is 2. The SMILES string of the molecule is C=CCN(C(=O)C1N([C@@H](CC)CO)C(=O)[C@@H]2[C@@H](C(=O)OCC)[C@H]3CC(C)C12S3)c1cc(C)ccc1C. The molecule has 1 aromatic rings. The Kier molecular flexibility index (Phi) is 7.58. The second-order valence-electron chi connectivity index (χ2n) is 10.3. The summed E-state index contributed by atoms with van der Waals surface area (Å²) < 4.78 is 4.66. The van der Waals surface area contributed by atoms with Crippen LogP contribution >= 0.6 is 11.8 Å². The van der Waals surface area contributed by atoms with Crippen molar-refractivity contribution in [1.29, 1.82) is 0 Å². The number of carbonyl (C=O) groups is 3. The average molecular weight is 515 g/mol. The van der Waals surface area contributed by atoms with Crippen LogP contribution in [-0.2, 0) is 19.1 Å². The van der Waals surface area contributed by atoms with Gasteiger partial charge in [-0.3, -0.25) is 14.4 Å². The Hall–Kier alpha value is -2.32. The Bertz CT molecular complexity index is 1060. The van der Waals surface area contributed by atoms with Crippen molar-refractivity contribution in [2.45, 2.75) is 69.5 Å². The zero-order valence-electron chi connectivity index (χ0n) is 21.9. The summed E-state index contributed by atoms with van der Waals surface area (Å²) >= 11 is 1.62. The van der Waals surface area contributed by atoms with E-state index in [0.717, 1.165) is 23.2 Å². The third kappa shape index (κ3) is 3.88.